The van der Waals surface area contributed by atoms with E-state index in [-0.39, 0.29) is 0 Å². The number of anilines is 1. The fourth-order valence-corrected chi connectivity index (χ4v) is 2.18. The van der Waals surface area contributed by atoms with Gasteiger partial charge in [-0.15, -0.1) is 11.3 Å². The van der Waals surface area contributed by atoms with Crippen LogP contribution in [0.3, 0.4) is 0 Å². The van der Waals surface area contributed by atoms with Crippen LogP contribution >= 0.6 is 11.3 Å². The van der Waals surface area contributed by atoms with Crippen LogP contribution in [0, 0.1) is 5.92 Å². The molecule has 3 nitrogen and oxygen atoms in total. The summed E-state index contributed by atoms with van der Waals surface area (Å²) in [5.41, 5.74) is 0. The van der Waals surface area contributed by atoms with Gasteiger partial charge < -0.3 is 10.6 Å². The van der Waals surface area contributed by atoms with Crippen molar-refractivity contribution in [1.82, 2.24) is 10.3 Å². The van der Waals surface area contributed by atoms with Crippen LogP contribution in [-0.4, -0.2) is 24.6 Å². The normalized spacial score (nSPS) is 22.9. The van der Waals surface area contributed by atoms with Crippen molar-refractivity contribution in [3.05, 3.63) is 11.6 Å². The summed E-state index contributed by atoms with van der Waals surface area (Å²) >= 11 is 1.67. The van der Waals surface area contributed by atoms with Crippen LogP contribution in [0.2, 0.25) is 0 Å². The molecule has 0 unspecified atom stereocenters. The molecular formula is C9H15N3S. The smallest absolute Gasteiger partial charge is 0.182 e. The third-order valence-electron chi connectivity index (χ3n) is 2.37. The summed E-state index contributed by atoms with van der Waals surface area (Å²) in [4.78, 5) is 4.19. The van der Waals surface area contributed by atoms with Crippen molar-refractivity contribution in [2.75, 3.05) is 25.0 Å². The first-order valence-corrected chi connectivity index (χ1v) is 5.67. The quantitative estimate of drug-likeness (QED) is 0.772. The van der Waals surface area contributed by atoms with Crippen molar-refractivity contribution in [1.29, 1.82) is 0 Å². The molecule has 2 rings (SSSR count). The Kier molecular flexibility index (Phi) is 3.16. The van der Waals surface area contributed by atoms with Crippen LogP contribution in [0.4, 0.5) is 5.13 Å². The van der Waals surface area contributed by atoms with Gasteiger partial charge in [-0.1, -0.05) is 0 Å². The number of hydrogen-bond donors (Lipinski definition) is 2. The number of aromatic nitrogens is 1. The van der Waals surface area contributed by atoms with E-state index in [1.54, 1.807) is 11.3 Å². The molecule has 0 aliphatic carbocycles. The Morgan fingerprint density at radius 2 is 2.69 bits per heavy atom. The van der Waals surface area contributed by atoms with Crippen LogP contribution in [0.25, 0.3) is 0 Å². The predicted molar refractivity (Wildman–Crippen MR) is 56.2 cm³/mol. The molecule has 0 bridgehead atoms. The molecule has 2 heterocycles. The first-order valence-electron chi connectivity index (χ1n) is 4.79. The molecule has 1 aliphatic heterocycles. The average Bonchev–Trinajstić information content (AvgIpc) is 2.69. The van der Waals surface area contributed by atoms with E-state index in [0.717, 1.165) is 24.1 Å². The minimum absolute atomic E-state index is 0.776. The summed E-state index contributed by atoms with van der Waals surface area (Å²) in [6, 6.07) is 0. The maximum absolute atomic E-state index is 4.19. The summed E-state index contributed by atoms with van der Waals surface area (Å²) in [5, 5.41) is 9.82. The Morgan fingerprint density at radius 3 is 3.38 bits per heavy atom. The van der Waals surface area contributed by atoms with Crippen LogP contribution < -0.4 is 10.6 Å². The Morgan fingerprint density at radius 1 is 1.69 bits per heavy atom. The van der Waals surface area contributed by atoms with Crippen molar-refractivity contribution in [3.63, 3.8) is 0 Å². The van der Waals surface area contributed by atoms with Crippen molar-refractivity contribution in [3.8, 4) is 0 Å². The highest BCUT2D eigenvalue weighted by molar-refractivity contribution is 7.13. The minimum atomic E-state index is 0.776. The summed E-state index contributed by atoms with van der Waals surface area (Å²) in [5.74, 6) is 0.776. The van der Waals surface area contributed by atoms with Gasteiger partial charge in [0.1, 0.15) is 0 Å². The number of hydrogen-bond acceptors (Lipinski definition) is 4. The fraction of sp³-hybridized carbons (Fsp3) is 0.667. The van der Waals surface area contributed by atoms with E-state index in [0.29, 0.717) is 0 Å². The summed E-state index contributed by atoms with van der Waals surface area (Å²) < 4.78 is 0. The van der Waals surface area contributed by atoms with Gasteiger partial charge in [0.15, 0.2) is 5.13 Å². The van der Waals surface area contributed by atoms with Crippen LogP contribution in [0.15, 0.2) is 11.6 Å². The molecule has 0 aromatic carbocycles. The van der Waals surface area contributed by atoms with Gasteiger partial charge in [0, 0.05) is 18.1 Å². The number of piperidine rings is 1. The Balaban J connectivity index is 1.72. The largest absolute Gasteiger partial charge is 0.361 e. The Labute approximate surface area is 82.6 Å². The van der Waals surface area contributed by atoms with Crippen LogP contribution in [-0.2, 0) is 0 Å². The third kappa shape index (κ3) is 2.67. The molecular weight excluding hydrogens is 182 g/mol. The van der Waals surface area contributed by atoms with Crippen molar-refractivity contribution in [2.45, 2.75) is 12.8 Å². The molecule has 1 aromatic rings. The van der Waals surface area contributed by atoms with E-state index in [1.807, 2.05) is 11.6 Å². The average molecular weight is 197 g/mol. The molecule has 2 N–H and O–H groups in total. The summed E-state index contributed by atoms with van der Waals surface area (Å²) in [7, 11) is 0. The van der Waals surface area contributed by atoms with Gasteiger partial charge in [-0.2, -0.15) is 0 Å². The molecule has 1 saturated heterocycles. The monoisotopic (exact) mass is 197 g/mol. The lowest BCUT2D eigenvalue weighted by molar-refractivity contribution is 0.393. The van der Waals surface area contributed by atoms with E-state index >= 15 is 0 Å². The molecule has 1 fully saturated rings. The molecule has 72 valence electrons. The highest BCUT2D eigenvalue weighted by Crippen LogP contribution is 2.14. The summed E-state index contributed by atoms with van der Waals surface area (Å²) in [6.07, 6.45) is 4.49. The van der Waals surface area contributed by atoms with E-state index in [1.165, 1.54) is 19.4 Å². The lowest BCUT2D eigenvalue weighted by Crippen LogP contribution is -2.33. The van der Waals surface area contributed by atoms with E-state index < -0.39 is 0 Å². The van der Waals surface area contributed by atoms with Gasteiger partial charge in [-0.25, -0.2) is 4.98 Å². The van der Waals surface area contributed by atoms with Gasteiger partial charge in [-0.3, -0.25) is 0 Å². The third-order valence-corrected chi connectivity index (χ3v) is 3.10. The molecule has 0 spiro atoms. The highest BCUT2D eigenvalue weighted by atomic mass is 32.1. The maximum atomic E-state index is 4.19. The van der Waals surface area contributed by atoms with E-state index in [9.17, 15) is 0 Å². The second kappa shape index (κ2) is 4.58. The van der Waals surface area contributed by atoms with Crippen LogP contribution in [0.5, 0.6) is 0 Å². The molecule has 0 saturated carbocycles. The van der Waals surface area contributed by atoms with Crippen molar-refractivity contribution in [2.24, 2.45) is 5.92 Å². The highest BCUT2D eigenvalue weighted by Gasteiger charge is 2.12. The first-order chi connectivity index (χ1) is 6.45. The number of rotatable bonds is 3. The zero-order valence-corrected chi connectivity index (χ0v) is 8.44. The molecule has 1 aromatic heterocycles. The van der Waals surface area contributed by atoms with E-state index in [4.69, 9.17) is 0 Å². The number of nitrogens with zero attached hydrogens (tertiary/aromatic N) is 1. The SMILES string of the molecule is c1csc(NC[C@H]2CCCNC2)n1. The molecule has 13 heavy (non-hydrogen) atoms. The Hall–Kier alpha value is -0.610. The lowest BCUT2D eigenvalue weighted by atomic mass is 10.00. The Bertz CT molecular complexity index is 229. The summed E-state index contributed by atoms with van der Waals surface area (Å²) in [6.45, 7) is 3.40. The maximum Gasteiger partial charge on any atom is 0.182 e. The molecule has 4 heteroatoms. The second-order valence-corrected chi connectivity index (χ2v) is 4.33. The molecule has 1 atom stereocenters. The van der Waals surface area contributed by atoms with Gasteiger partial charge in [0.05, 0.1) is 0 Å². The van der Waals surface area contributed by atoms with E-state index in [2.05, 4.69) is 15.6 Å². The van der Waals surface area contributed by atoms with Gasteiger partial charge in [0.25, 0.3) is 0 Å². The van der Waals surface area contributed by atoms with Crippen molar-refractivity contribution < 1.29 is 0 Å². The predicted octanol–water partition coefficient (Wildman–Crippen LogP) is 1.55. The van der Waals surface area contributed by atoms with Gasteiger partial charge in [-0.05, 0) is 31.8 Å². The second-order valence-electron chi connectivity index (χ2n) is 3.43. The van der Waals surface area contributed by atoms with Crippen molar-refractivity contribution >= 4 is 16.5 Å². The number of nitrogens with one attached hydrogen (secondary N) is 2. The minimum Gasteiger partial charge on any atom is -0.361 e. The zero-order chi connectivity index (χ0) is 8.93. The fourth-order valence-electron chi connectivity index (χ4n) is 1.64. The van der Waals surface area contributed by atoms with Gasteiger partial charge >= 0.3 is 0 Å². The first kappa shape index (κ1) is 8.97. The van der Waals surface area contributed by atoms with Gasteiger partial charge in [0.2, 0.25) is 0 Å². The number of thiazole rings is 1. The topological polar surface area (TPSA) is 37.0 Å². The standard InChI is InChI=1S/C9H15N3S/c1-2-8(6-10-3-1)7-12-9-11-4-5-13-9/h4-5,8,10H,1-3,6-7H2,(H,11,12)/t8-/m0/s1. The molecule has 0 amide bonds. The zero-order valence-electron chi connectivity index (χ0n) is 7.62. The lowest BCUT2D eigenvalue weighted by Gasteiger charge is -2.22. The molecule has 1 aliphatic rings. The van der Waals surface area contributed by atoms with Crippen LogP contribution in [0.1, 0.15) is 12.8 Å². The molecule has 0 radical (unpaired) electrons.